The minimum absolute atomic E-state index is 0.121. The predicted molar refractivity (Wildman–Crippen MR) is 54.7 cm³/mol. The predicted octanol–water partition coefficient (Wildman–Crippen LogP) is 1.38. The maximum absolute atomic E-state index is 11.5. The Bertz CT molecular complexity index is 351. The molecule has 72 valence electrons. The first-order valence-electron chi connectivity index (χ1n) is 3.97. The highest BCUT2D eigenvalue weighted by molar-refractivity contribution is 9.10. The molecule has 0 fully saturated rings. The highest BCUT2D eigenvalue weighted by atomic mass is 79.9. The summed E-state index contributed by atoms with van der Waals surface area (Å²) in [6, 6.07) is 3.44. The molecule has 1 rings (SSSR count). The molecule has 0 saturated heterocycles. The van der Waals surface area contributed by atoms with E-state index in [9.17, 15) is 9.90 Å². The molecule has 0 aliphatic rings. The summed E-state index contributed by atoms with van der Waals surface area (Å²) in [5, 5.41) is 9.51. The molecule has 0 atom stereocenters. The number of nitrogens with zero attached hydrogens (tertiary/aromatic N) is 1. The highest BCUT2D eigenvalue weighted by Crippen LogP contribution is 2.06. The van der Waals surface area contributed by atoms with Gasteiger partial charge in [0.25, 0.3) is 5.56 Å². The number of hydrogen-bond acceptors (Lipinski definition) is 2. The van der Waals surface area contributed by atoms with Gasteiger partial charge in [-0.2, -0.15) is 0 Å². The monoisotopic (exact) mass is 245 g/mol. The highest BCUT2D eigenvalue weighted by Gasteiger charge is 2.14. The van der Waals surface area contributed by atoms with Crippen molar-refractivity contribution in [3.8, 4) is 0 Å². The van der Waals surface area contributed by atoms with E-state index in [1.165, 1.54) is 4.57 Å². The number of aliphatic hydroxyl groups is 1. The van der Waals surface area contributed by atoms with Crippen molar-refractivity contribution in [2.75, 3.05) is 0 Å². The molecule has 0 aliphatic heterocycles. The zero-order valence-electron chi connectivity index (χ0n) is 7.62. The van der Waals surface area contributed by atoms with E-state index in [-0.39, 0.29) is 5.56 Å². The van der Waals surface area contributed by atoms with Crippen molar-refractivity contribution in [2.24, 2.45) is 0 Å². The second-order valence-electron chi connectivity index (χ2n) is 3.60. The Hall–Kier alpha value is -0.610. The first-order valence-corrected chi connectivity index (χ1v) is 4.77. The van der Waals surface area contributed by atoms with E-state index in [4.69, 9.17) is 0 Å². The fourth-order valence-corrected chi connectivity index (χ4v) is 1.43. The molecule has 1 heterocycles. The first-order chi connectivity index (χ1) is 5.90. The topological polar surface area (TPSA) is 42.2 Å². The van der Waals surface area contributed by atoms with Gasteiger partial charge in [-0.3, -0.25) is 4.79 Å². The summed E-state index contributed by atoms with van der Waals surface area (Å²) in [5.41, 5.74) is -0.991. The van der Waals surface area contributed by atoms with Crippen molar-refractivity contribution >= 4 is 15.9 Å². The van der Waals surface area contributed by atoms with Crippen molar-refractivity contribution in [2.45, 2.75) is 26.0 Å². The van der Waals surface area contributed by atoms with Crippen molar-refractivity contribution in [3.63, 3.8) is 0 Å². The average Bonchev–Trinajstić information content (AvgIpc) is 1.96. The molecular formula is C9H12BrNO2. The normalized spacial score (nSPS) is 11.7. The summed E-state index contributed by atoms with van der Waals surface area (Å²) in [6.45, 7) is 3.63. The Morgan fingerprint density at radius 2 is 2.23 bits per heavy atom. The van der Waals surface area contributed by atoms with Crippen LogP contribution in [0.25, 0.3) is 0 Å². The van der Waals surface area contributed by atoms with Crippen molar-refractivity contribution in [1.82, 2.24) is 4.57 Å². The fourth-order valence-electron chi connectivity index (χ4n) is 1.05. The molecule has 3 nitrogen and oxygen atoms in total. The third kappa shape index (κ3) is 2.97. The van der Waals surface area contributed by atoms with Gasteiger partial charge in [-0.1, -0.05) is 0 Å². The summed E-state index contributed by atoms with van der Waals surface area (Å²) in [4.78, 5) is 11.5. The minimum Gasteiger partial charge on any atom is -0.389 e. The number of aromatic nitrogens is 1. The molecule has 0 radical (unpaired) electrons. The minimum atomic E-state index is -0.870. The van der Waals surface area contributed by atoms with Crippen LogP contribution in [0.4, 0.5) is 0 Å². The smallest absolute Gasteiger partial charge is 0.264 e. The second kappa shape index (κ2) is 3.64. The molecule has 0 bridgehead atoms. The van der Waals surface area contributed by atoms with Gasteiger partial charge in [0, 0.05) is 6.20 Å². The number of rotatable bonds is 2. The fraction of sp³-hybridized carbons (Fsp3) is 0.444. The quantitative estimate of drug-likeness (QED) is 0.856. The van der Waals surface area contributed by atoms with Crippen molar-refractivity contribution in [3.05, 3.63) is 33.2 Å². The summed E-state index contributed by atoms with van der Waals surface area (Å²) in [7, 11) is 0. The van der Waals surface area contributed by atoms with Crippen LogP contribution >= 0.6 is 15.9 Å². The van der Waals surface area contributed by atoms with Crippen molar-refractivity contribution < 1.29 is 5.11 Å². The molecule has 0 saturated carbocycles. The molecule has 0 unspecified atom stereocenters. The summed E-state index contributed by atoms with van der Waals surface area (Å²) < 4.78 is 1.99. The summed E-state index contributed by atoms with van der Waals surface area (Å²) >= 11 is 3.14. The van der Waals surface area contributed by atoms with Crippen LogP contribution in [0.2, 0.25) is 0 Å². The molecule has 0 spiro atoms. The van der Waals surface area contributed by atoms with Gasteiger partial charge in [0.1, 0.15) is 0 Å². The van der Waals surface area contributed by atoms with Crippen LogP contribution in [0.1, 0.15) is 13.8 Å². The van der Waals surface area contributed by atoms with Crippen LogP contribution in [0.3, 0.4) is 0 Å². The van der Waals surface area contributed by atoms with E-state index in [0.717, 1.165) is 0 Å². The van der Waals surface area contributed by atoms with E-state index in [2.05, 4.69) is 15.9 Å². The van der Waals surface area contributed by atoms with Gasteiger partial charge in [0.2, 0.25) is 0 Å². The standard InChI is InChI=1S/C9H12BrNO2/c1-9(2,13)6-11-5-3-4-7(10)8(11)12/h3-5,13H,6H2,1-2H3. The van der Waals surface area contributed by atoms with Gasteiger partial charge in [0.05, 0.1) is 16.6 Å². The first kappa shape index (κ1) is 10.5. The van der Waals surface area contributed by atoms with Gasteiger partial charge < -0.3 is 9.67 Å². The summed E-state index contributed by atoms with van der Waals surface area (Å²) in [5.74, 6) is 0. The van der Waals surface area contributed by atoms with Gasteiger partial charge in [-0.05, 0) is 41.9 Å². The molecule has 0 aromatic carbocycles. The largest absolute Gasteiger partial charge is 0.389 e. The number of pyridine rings is 1. The van der Waals surface area contributed by atoms with Gasteiger partial charge in [-0.25, -0.2) is 0 Å². The lowest BCUT2D eigenvalue weighted by Crippen LogP contribution is -2.32. The van der Waals surface area contributed by atoms with E-state index < -0.39 is 5.60 Å². The number of halogens is 1. The van der Waals surface area contributed by atoms with Gasteiger partial charge in [0.15, 0.2) is 0 Å². The second-order valence-corrected chi connectivity index (χ2v) is 4.46. The van der Waals surface area contributed by atoms with E-state index >= 15 is 0 Å². The Morgan fingerprint density at radius 3 is 2.77 bits per heavy atom. The number of hydrogen-bond donors (Lipinski definition) is 1. The molecule has 1 N–H and O–H groups in total. The maximum atomic E-state index is 11.5. The van der Waals surface area contributed by atoms with E-state index in [0.29, 0.717) is 11.0 Å². The van der Waals surface area contributed by atoms with Crippen LogP contribution in [0.5, 0.6) is 0 Å². The summed E-state index contributed by atoms with van der Waals surface area (Å²) in [6.07, 6.45) is 1.66. The lowest BCUT2D eigenvalue weighted by Gasteiger charge is -2.18. The molecule has 4 heteroatoms. The zero-order valence-corrected chi connectivity index (χ0v) is 9.21. The van der Waals surface area contributed by atoms with Crippen LogP contribution in [-0.2, 0) is 6.54 Å². The molecule has 1 aromatic heterocycles. The Morgan fingerprint density at radius 1 is 1.62 bits per heavy atom. The average molecular weight is 246 g/mol. The third-order valence-corrected chi connectivity index (χ3v) is 2.13. The van der Waals surface area contributed by atoms with E-state index in [1.54, 1.807) is 32.2 Å². The molecule has 1 aromatic rings. The molecule has 13 heavy (non-hydrogen) atoms. The van der Waals surface area contributed by atoms with Crippen LogP contribution in [-0.4, -0.2) is 15.3 Å². The molecular weight excluding hydrogens is 234 g/mol. The molecule has 0 aliphatic carbocycles. The maximum Gasteiger partial charge on any atom is 0.264 e. The van der Waals surface area contributed by atoms with Crippen molar-refractivity contribution in [1.29, 1.82) is 0 Å². The molecule has 0 amide bonds. The lowest BCUT2D eigenvalue weighted by molar-refractivity contribution is 0.0604. The van der Waals surface area contributed by atoms with E-state index in [1.807, 2.05) is 0 Å². The van der Waals surface area contributed by atoms with Crippen LogP contribution < -0.4 is 5.56 Å². The Balaban J connectivity index is 3.03. The van der Waals surface area contributed by atoms with Crippen LogP contribution in [0.15, 0.2) is 27.6 Å². The Labute approximate surface area is 85.1 Å². The Kier molecular flexibility index (Phi) is 2.93. The SMILES string of the molecule is CC(C)(O)Cn1cccc(Br)c1=O. The van der Waals surface area contributed by atoms with Gasteiger partial charge >= 0.3 is 0 Å². The van der Waals surface area contributed by atoms with Gasteiger partial charge in [-0.15, -0.1) is 0 Å². The third-order valence-electron chi connectivity index (χ3n) is 1.53. The van der Waals surface area contributed by atoms with Crippen LogP contribution in [0, 0.1) is 0 Å². The zero-order chi connectivity index (χ0) is 10.1. The lowest BCUT2D eigenvalue weighted by atomic mass is 10.1.